The van der Waals surface area contributed by atoms with Gasteiger partial charge in [-0.25, -0.2) is 10.1 Å². The molecular formula is C17H12ClF3N4OS. The van der Waals surface area contributed by atoms with E-state index in [2.05, 4.69) is 15.6 Å². The van der Waals surface area contributed by atoms with Gasteiger partial charge in [-0.05, 0) is 31.2 Å². The fourth-order valence-electron chi connectivity index (χ4n) is 2.31. The Morgan fingerprint density at radius 3 is 2.52 bits per heavy atom. The SMILES string of the molecule is CC(=NNC(=O)c1cnn(-c2ccccc2)c1C(F)(F)F)c1ccc(Cl)s1. The molecular weight excluding hydrogens is 401 g/mol. The number of carbonyl (C=O) groups is 1. The molecule has 0 aliphatic rings. The van der Waals surface area contributed by atoms with Crippen LogP contribution in [0.3, 0.4) is 0 Å². The van der Waals surface area contributed by atoms with Crippen LogP contribution in [0.2, 0.25) is 4.34 Å². The number of halogens is 4. The van der Waals surface area contributed by atoms with Gasteiger partial charge in [-0.15, -0.1) is 11.3 Å². The molecule has 5 nitrogen and oxygen atoms in total. The minimum absolute atomic E-state index is 0.191. The van der Waals surface area contributed by atoms with Gasteiger partial charge in [0.15, 0.2) is 5.69 Å². The number of hydrogen-bond acceptors (Lipinski definition) is 4. The number of amides is 1. The lowest BCUT2D eigenvalue weighted by Crippen LogP contribution is -2.24. The van der Waals surface area contributed by atoms with Gasteiger partial charge in [-0.3, -0.25) is 4.79 Å². The van der Waals surface area contributed by atoms with Gasteiger partial charge < -0.3 is 0 Å². The standard InChI is InChI=1S/C17H12ClF3N4OS/c1-10(13-7-8-14(18)27-13)23-24-16(26)12-9-22-25(15(12)17(19,20)21)11-5-3-2-4-6-11/h2-9H,1H3,(H,24,26). The second-order valence-electron chi connectivity index (χ2n) is 5.39. The number of hydrazone groups is 1. The fourth-order valence-corrected chi connectivity index (χ4v) is 3.30. The third-order valence-corrected chi connectivity index (χ3v) is 4.88. The molecule has 0 aliphatic carbocycles. The summed E-state index contributed by atoms with van der Waals surface area (Å²) in [5.41, 5.74) is 0.968. The first-order chi connectivity index (χ1) is 12.8. The van der Waals surface area contributed by atoms with Crippen LogP contribution in [0.1, 0.15) is 27.9 Å². The molecule has 0 bridgehead atoms. The highest BCUT2D eigenvalue weighted by atomic mass is 35.5. The molecule has 0 saturated carbocycles. The number of nitrogens with one attached hydrogen (secondary N) is 1. The van der Waals surface area contributed by atoms with E-state index in [0.29, 0.717) is 19.6 Å². The van der Waals surface area contributed by atoms with Gasteiger partial charge in [0.2, 0.25) is 0 Å². The van der Waals surface area contributed by atoms with E-state index < -0.39 is 23.3 Å². The van der Waals surface area contributed by atoms with E-state index in [1.165, 1.54) is 23.5 Å². The average molecular weight is 413 g/mol. The minimum atomic E-state index is -4.78. The summed E-state index contributed by atoms with van der Waals surface area (Å²) in [6.45, 7) is 1.61. The number of nitrogens with zero attached hydrogens (tertiary/aromatic N) is 3. The Labute approximate surface area is 161 Å². The molecule has 27 heavy (non-hydrogen) atoms. The van der Waals surface area contributed by atoms with Crippen molar-refractivity contribution in [3.05, 3.63) is 69.1 Å². The molecule has 0 spiro atoms. The number of hydrogen-bond donors (Lipinski definition) is 1. The number of benzene rings is 1. The van der Waals surface area contributed by atoms with Crippen LogP contribution in [0.25, 0.3) is 5.69 Å². The molecule has 0 radical (unpaired) electrons. The molecule has 140 valence electrons. The van der Waals surface area contributed by atoms with E-state index in [4.69, 9.17) is 11.6 Å². The Morgan fingerprint density at radius 2 is 1.93 bits per heavy atom. The lowest BCUT2D eigenvalue weighted by molar-refractivity contribution is -0.143. The summed E-state index contributed by atoms with van der Waals surface area (Å²) < 4.78 is 41.9. The third-order valence-electron chi connectivity index (χ3n) is 3.54. The van der Waals surface area contributed by atoms with Crippen LogP contribution < -0.4 is 5.43 Å². The smallest absolute Gasteiger partial charge is 0.267 e. The topological polar surface area (TPSA) is 59.3 Å². The molecule has 2 heterocycles. The zero-order valence-corrected chi connectivity index (χ0v) is 15.4. The van der Waals surface area contributed by atoms with Gasteiger partial charge in [-0.1, -0.05) is 29.8 Å². The lowest BCUT2D eigenvalue weighted by atomic mass is 10.2. The Balaban J connectivity index is 1.92. The number of thiophene rings is 1. The van der Waals surface area contributed by atoms with Gasteiger partial charge in [0.1, 0.15) is 0 Å². The van der Waals surface area contributed by atoms with E-state index in [1.54, 1.807) is 37.3 Å². The average Bonchev–Trinajstić information content (AvgIpc) is 3.26. The number of para-hydroxylation sites is 1. The van der Waals surface area contributed by atoms with E-state index in [-0.39, 0.29) is 5.69 Å². The van der Waals surface area contributed by atoms with Crippen LogP contribution in [0, 0.1) is 0 Å². The van der Waals surface area contributed by atoms with E-state index >= 15 is 0 Å². The maximum atomic E-state index is 13.6. The zero-order valence-electron chi connectivity index (χ0n) is 13.8. The molecule has 2 aromatic heterocycles. The van der Waals surface area contributed by atoms with Crippen LogP contribution in [-0.4, -0.2) is 21.4 Å². The van der Waals surface area contributed by atoms with Crippen LogP contribution >= 0.6 is 22.9 Å². The summed E-state index contributed by atoms with van der Waals surface area (Å²) in [6, 6.07) is 11.1. The maximum Gasteiger partial charge on any atom is 0.434 e. The fraction of sp³-hybridized carbons (Fsp3) is 0.118. The van der Waals surface area contributed by atoms with Crippen molar-refractivity contribution in [1.29, 1.82) is 0 Å². The summed E-state index contributed by atoms with van der Waals surface area (Å²) in [5, 5.41) is 7.59. The summed E-state index contributed by atoms with van der Waals surface area (Å²) in [6.07, 6.45) is -3.91. The van der Waals surface area contributed by atoms with Gasteiger partial charge in [0.25, 0.3) is 5.91 Å². The summed E-state index contributed by atoms with van der Waals surface area (Å²) in [5.74, 6) is -1.01. The van der Waals surface area contributed by atoms with Crippen LogP contribution in [0.5, 0.6) is 0 Å². The number of alkyl halides is 3. The molecule has 1 N–H and O–H groups in total. The second kappa shape index (κ2) is 7.53. The van der Waals surface area contributed by atoms with Crippen molar-refractivity contribution in [2.45, 2.75) is 13.1 Å². The quantitative estimate of drug-likeness (QED) is 0.496. The van der Waals surface area contributed by atoms with Crippen molar-refractivity contribution in [3.8, 4) is 5.69 Å². The van der Waals surface area contributed by atoms with E-state index in [1.807, 2.05) is 0 Å². The summed E-state index contributed by atoms with van der Waals surface area (Å²) in [7, 11) is 0. The summed E-state index contributed by atoms with van der Waals surface area (Å²) in [4.78, 5) is 13.0. The monoisotopic (exact) mass is 412 g/mol. The minimum Gasteiger partial charge on any atom is -0.267 e. The molecule has 0 fully saturated rings. The number of aromatic nitrogens is 2. The van der Waals surface area contributed by atoms with Gasteiger partial charge >= 0.3 is 6.18 Å². The zero-order chi connectivity index (χ0) is 19.6. The predicted octanol–water partition coefficient (Wildman–Crippen LogP) is 4.76. The highest BCUT2D eigenvalue weighted by Crippen LogP contribution is 2.33. The molecule has 3 aromatic rings. The largest absolute Gasteiger partial charge is 0.434 e. The van der Waals surface area contributed by atoms with Crippen LogP contribution in [0.4, 0.5) is 13.2 Å². The first kappa shape index (κ1) is 19.1. The molecule has 1 aromatic carbocycles. The maximum absolute atomic E-state index is 13.6. The second-order valence-corrected chi connectivity index (χ2v) is 7.11. The Kier molecular flexibility index (Phi) is 5.33. The van der Waals surface area contributed by atoms with Gasteiger partial charge in [0, 0.05) is 0 Å². The Hall–Kier alpha value is -2.65. The molecule has 0 saturated heterocycles. The van der Waals surface area contributed by atoms with E-state index in [9.17, 15) is 18.0 Å². The van der Waals surface area contributed by atoms with Crippen molar-refractivity contribution >= 4 is 34.6 Å². The molecule has 1 amide bonds. The lowest BCUT2D eigenvalue weighted by Gasteiger charge is -2.12. The predicted molar refractivity (Wildman–Crippen MR) is 97.6 cm³/mol. The molecule has 0 aliphatic heterocycles. The normalized spacial score (nSPS) is 12.3. The first-order valence-electron chi connectivity index (χ1n) is 7.58. The van der Waals surface area contributed by atoms with Crippen LogP contribution in [0.15, 0.2) is 53.8 Å². The van der Waals surface area contributed by atoms with Gasteiger partial charge in [-0.2, -0.15) is 23.4 Å². The molecule has 3 rings (SSSR count). The number of carbonyl (C=O) groups excluding carboxylic acids is 1. The van der Waals surface area contributed by atoms with Crippen molar-refractivity contribution in [3.63, 3.8) is 0 Å². The molecule has 10 heteroatoms. The van der Waals surface area contributed by atoms with Crippen molar-refractivity contribution in [2.75, 3.05) is 0 Å². The van der Waals surface area contributed by atoms with Crippen molar-refractivity contribution in [1.82, 2.24) is 15.2 Å². The first-order valence-corrected chi connectivity index (χ1v) is 8.78. The van der Waals surface area contributed by atoms with Crippen molar-refractivity contribution < 1.29 is 18.0 Å². The molecule has 0 unspecified atom stereocenters. The molecule has 0 atom stereocenters. The number of rotatable bonds is 4. The van der Waals surface area contributed by atoms with E-state index in [0.717, 1.165) is 6.20 Å². The van der Waals surface area contributed by atoms with Gasteiger partial charge in [0.05, 0.1) is 32.4 Å². The highest BCUT2D eigenvalue weighted by molar-refractivity contribution is 7.18. The Morgan fingerprint density at radius 1 is 1.22 bits per heavy atom. The van der Waals surface area contributed by atoms with Crippen LogP contribution in [-0.2, 0) is 6.18 Å². The highest BCUT2D eigenvalue weighted by Gasteiger charge is 2.40. The summed E-state index contributed by atoms with van der Waals surface area (Å²) >= 11 is 7.07. The Bertz CT molecular complexity index is 995. The van der Waals surface area contributed by atoms with Crippen molar-refractivity contribution in [2.24, 2.45) is 5.10 Å². The third kappa shape index (κ3) is 4.20.